The SMILES string of the molecule is COc1ncnc(NCC(O)C(F)F)c1C. The van der Waals surface area contributed by atoms with E-state index in [9.17, 15) is 8.78 Å². The number of rotatable bonds is 5. The van der Waals surface area contributed by atoms with Gasteiger partial charge in [0.15, 0.2) is 0 Å². The Morgan fingerprint density at radius 3 is 2.75 bits per heavy atom. The van der Waals surface area contributed by atoms with E-state index in [1.165, 1.54) is 13.4 Å². The van der Waals surface area contributed by atoms with E-state index in [1.807, 2.05) is 0 Å². The van der Waals surface area contributed by atoms with Gasteiger partial charge in [-0.25, -0.2) is 18.7 Å². The van der Waals surface area contributed by atoms with Gasteiger partial charge < -0.3 is 15.2 Å². The Morgan fingerprint density at radius 1 is 1.50 bits per heavy atom. The lowest BCUT2D eigenvalue weighted by molar-refractivity contribution is 0.00380. The summed E-state index contributed by atoms with van der Waals surface area (Å²) in [5, 5.41) is 11.5. The molecule has 0 bridgehead atoms. The number of alkyl halides is 2. The van der Waals surface area contributed by atoms with Crippen LogP contribution in [-0.2, 0) is 0 Å². The van der Waals surface area contributed by atoms with Crippen LogP contribution in [0.3, 0.4) is 0 Å². The third-order valence-corrected chi connectivity index (χ3v) is 2.00. The maximum absolute atomic E-state index is 12.0. The van der Waals surface area contributed by atoms with Gasteiger partial charge in [0.05, 0.1) is 12.7 Å². The monoisotopic (exact) mass is 233 g/mol. The number of anilines is 1. The Kier molecular flexibility index (Phi) is 4.36. The maximum atomic E-state index is 12.0. The average Bonchev–Trinajstić information content (AvgIpc) is 2.27. The second kappa shape index (κ2) is 5.55. The van der Waals surface area contributed by atoms with Gasteiger partial charge in [0, 0.05) is 6.54 Å². The smallest absolute Gasteiger partial charge is 0.265 e. The van der Waals surface area contributed by atoms with Crippen molar-refractivity contribution in [2.75, 3.05) is 19.0 Å². The summed E-state index contributed by atoms with van der Waals surface area (Å²) in [6.07, 6.45) is -3.25. The second-order valence-corrected chi connectivity index (χ2v) is 3.14. The van der Waals surface area contributed by atoms with Crippen LogP contribution in [0.1, 0.15) is 5.56 Å². The van der Waals surface area contributed by atoms with E-state index in [4.69, 9.17) is 9.84 Å². The number of ether oxygens (including phenoxy) is 1. The van der Waals surface area contributed by atoms with Gasteiger partial charge in [0.25, 0.3) is 6.43 Å². The summed E-state index contributed by atoms with van der Waals surface area (Å²) in [4.78, 5) is 7.70. The van der Waals surface area contributed by atoms with Gasteiger partial charge in [-0.2, -0.15) is 0 Å². The summed E-state index contributed by atoms with van der Waals surface area (Å²) in [5.74, 6) is 0.732. The molecule has 0 aliphatic rings. The fraction of sp³-hybridized carbons (Fsp3) is 0.556. The molecule has 0 saturated carbocycles. The van der Waals surface area contributed by atoms with Crippen molar-refractivity contribution < 1.29 is 18.6 Å². The molecule has 0 aliphatic heterocycles. The van der Waals surface area contributed by atoms with Gasteiger partial charge in [-0.1, -0.05) is 0 Å². The molecule has 0 fully saturated rings. The quantitative estimate of drug-likeness (QED) is 0.788. The van der Waals surface area contributed by atoms with Crippen molar-refractivity contribution >= 4 is 5.82 Å². The molecule has 1 aromatic heterocycles. The number of nitrogens with zero attached hydrogens (tertiary/aromatic N) is 2. The van der Waals surface area contributed by atoms with E-state index in [-0.39, 0.29) is 6.54 Å². The number of aliphatic hydroxyl groups is 1. The van der Waals surface area contributed by atoms with Gasteiger partial charge in [-0.05, 0) is 6.92 Å². The van der Waals surface area contributed by atoms with Gasteiger partial charge >= 0.3 is 0 Å². The minimum absolute atomic E-state index is 0.279. The molecule has 7 heteroatoms. The molecule has 1 heterocycles. The lowest BCUT2D eigenvalue weighted by Crippen LogP contribution is -2.27. The summed E-state index contributed by atoms with van der Waals surface area (Å²) >= 11 is 0. The molecule has 0 aromatic carbocycles. The zero-order valence-electron chi connectivity index (χ0n) is 8.94. The lowest BCUT2D eigenvalue weighted by Gasteiger charge is -2.13. The van der Waals surface area contributed by atoms with Crippen LogP contribution in [-0.4, -0.2) is 41.3 Å². The Balaban J connectivity index is 2.67. The molecule has 90 valence electrons. The highest BCUT2D eigenvalue weighted by atomic mass is 19.3. The average molecular weight is 233 g/mol. The van der Waals surface area contributed by atoms with Crippen molar-refractivity contribution in [3.63, 3.8) is 0 Å². The summed E-state index contributed by atoms with van der Waals surface area (Å²) < 4.78 is 29.0. The number of methoxy groups -OCH3 is 1. The number of aromatic nitrogens is 2. The van der Waals surface area contributed by atoms with Crippen molar-refractivity contribution in [1.82, 2.24) is 9.97 Å². The predicted octanol–water partition coefficient (Wildman–Crippen LogP) is 0.832. The van der Waals surface area contributed by atoms with Crippen LogP contribution in [0.2, 0.25) is 0 Å². The number of hydrogen-bond acceptors (Lipinski definition) is 5. The summed E-state index contributed by atoms with van der Waals surface area (Å²) in [7, 11) is 1.45. The minimum Gasteiger partial charge on any atom is -0.481 e. The van der Waals surface area contributed by atoms with Crippen molar-refractivity contribution in [3.8, 4) is 5.88 Å². The molecule has 1 aromatic rings. The van der Waals surface area contributed by atoms with Crippen LogP contribution in [0.15, 0.2) is 6.33 Å². The first kappa shape index (κ1) is 12.6. The minimum atomic E-state index is -2.78. The van der Waals surface area contributed by atoms with Crippen molar-refractivity contribution in [1.29, 1.82) is 0 Å². The molecule has 2 N–H and O–H groups in total. The molecule has 1 atom stereocenters. The van der Waals surface area contributed by atoms with Crippen molar-refractivity contribution in [2.45, 2.75) is 19.5 Å². The normalized spacial score (nSPS) is 12.6. The van der Waals surface area contributed by atoms with E-state index in [2.05, 4.69) is 15.3 Å². The third kappa shape index (κ3) is 2.99. The largest absolute Gasteiger partial charge is 0.481 e. The Labute approximate surface area is 91.5 Å². The van der Waals surface area contributed by atoms with E-state index < -0.39 is 12.5 Å². The molecule has 0 aliphatic carbocycles. The first-order valence-corrected chi connectivity index (χ1v) is 4.62. The Bertz CT molecular complexity index is 350. The molecule has 5 nitrogen and oxygen atoms in total. The van der Waals surface area contributed by atoms with E-state index in [0.29, 0.717) is 17.3 Å². The standard InChI is InChI=1S/C9H13F2N3O2/c1-5-8(12-3-6(15)7(10)11)13-4-14-9(5)16-2/h4,6-7,15H,3H2,1-2H3,(H,12,13,14). The number of hydrogen-bond donors (Lipinski definition) is 2. The molecule has 0 spiro atoms. The molecule has 16 heavy (non-hydrogen) atoms. The first-order valence-electron chi connectivity index (χ1n) is 4.62. The molecule has 0 saturated heterocycles. The number of aliphatic hydroxyl groups excluding tert-OH is 1. The van der Waals surface area contributed by atoms with Gasteiger partial charge in [0.2, 0.25) is 5.88 Å². The zero-order chi connectivity index (χ0) is 12.1. The van der Waals surface area contributed by atoms with Crippen LogP contribution < -0.4 is 10.1 Å². The third-order valence-electron chi connectivity index (χ3n) is 2.00. The van der Waals surface area contributed by atoms with Crippen LogP contribution in [0.4, 0.5) is 14.6 Å². The highest BCUT2D eigenvalue weighted by Gasteiger charge is 2.17. The molecular formula is C9H13F2N3O2. The van der Waals surface area contributed by atoms with E-state index >= 15 is 0 Å². The molecule has 1 rings (SSSR count). The van der Waals surface area contributed by atoms with Crippen LogP contribution in [0.5, 0.6) is 5.88 Å². The summed E-state index contributed by atoms with van der Waals surface area (Å²) in [6, 6.07) is 0. The zero-order valence-corrected chi connectivity index (χ0v) is 8.94. The topological polar surface area (TPSA) is 67.3 Å². The highest BCUT2D eigenvalue weighted by Crippen LogP contribution is 2.19. The summed E-state index contributed by atoms with van der Waals surface area (Å²) in [6.45, 7) is 1.41. The predicted molar refractivity (Wildman–Crippen MR) is 53.8 cm³/mol. The van der Waals surface area contributed by atoms with E-state index in [1.54, 1.807) is 6.92 Å². The molecule has 0 radical (unpaired) electrons. The van der Waals surface area contributed by atoms with Gasteiger partial charge in [-0.3, -0.25) is 0 Å². The first-order chi connectivity index (χ1) is 7.56. The molecular weight excluding hydrogens is 220 g/mol. The summed E-state index contributed by atoms with van der Waals surface area (Å²) in [5.41, 5.74) is 0.603. The fourth-order valence-electron chi connectivity index (χ4n) is 1.11. The van der Waals surface area contributed by atoms with Crippen LogP contribution in [0.25, 0.3) is 0 Å². The fourth-order valence-corrected chi connectivity index (χ4v) is 1.11. The Hall–Kier alpha value is -1.50. The van der Waals surface area contributed by atoms with Crippen molar-refractivity contribution in [3.05, 3.63) is 11.9 Å². The molecule has 0 amide bonds. The second-order valence-electron chi connectivity index (χ2n) is 3.14. The number of nitrogens with one attached hydrogen (secondary N) is 1. The maximum Gasteiger partial charge on any atom is 0.265 e. The Morgan fingerprint density at radius 2 is 2.19 bits per heavy atom. The van der Waals surface area contributed by atoms with Gasteiger partial charge in [-0.15, -0.1) is 0 Å². The van der Waals surface area contributed by atoms with E-state index in [0.717, 1.165) is 0 Å². The van der Waals surface area contributed by atoms with Crippen LogP contribution in [0, 0.1) is 6.92 Å². The van der Waals surface area contributed by atoms with Gasteiger partial charge in [0.1, 0.15) is 18.2 Å². The van der Waals surface area contributed by atoms with Crippen molar-refractivity contribution in [2.24, 2.45) is 0 Å². The lowest BCUT2D eigenvalue weighted by atomic mass is 10.3. The molecule has 1 unspecified atom stereocenters. The number of halogens is 2. The van der Waals surface area contributed by atoms with Crippen LogP contribution >= 0.6 is 0 Å². The highest BCUT2D eigenvalue weighted by molar-refractivity contribution is 5.47.